The zero-order valence-corrected chi connectivity index (χ0v) is 13.9. The Bertz CT molecular complexity index is 597. The lowest BCUT2D eigenvalue weighted by molar-refractivity contribution is 0.0766. The fraction of sp³-hybridized carbons (Fsp3) is 0.312. The third-order valence-corrected chi connectivity index (χ3v) is 6.28. The average molecular weight is 338 g/mol. The Balaban J connectivity index is 1.67. The van der Waals surface area contributed by atoms with Crippen LogP contribution in [-0.2, 0) is 0 Å². The van der Waals surface area contributed by atoms with E-state index in [0.717, 1.165) is 30.8 Å². The number of rotatable bonds is 2. The van der Waals surface area contributed by atoms with Gasteiger partial charge in [0.1, 0.15) is 0 Å². The first-order chi connectivity index (χ1) is 10.2. The summed E-state index contributed by atoms with van der Waals surface area (Å²) in [5.74, 6) is 1.10. The molecule has 21 heavy (non-hydrogen) atoms. The van der Waals surface area contributed by atoms with Crippen LogP contribution < -0.4 is 0 Å². The van der Waals surface area contributed by atoms with Crippen molar-refractivity contribution in [1.29, 1.82) is 0 Å². The number of hydrogen-bond donors (Lipinski definition) is 0. The van der Waals surface area contributed by atoms with Crippen LogP contribution in [0.1, 0.15) is 26.9 Å². The van der Waals surface area contributed by atoms with Gasteiger partial charge in [0.25, 0.3) is 5.91 Å². The highest BCUT2D eigenvalue weighted by atomic mass is 35.5. The van der Waals surface area contributed by atoms with Crippen LogP contribution in [-0.4, -0.2) is 29.6 Å². The van der Waals surface area contributed by atoms with E-state index in [9.17, 15) is 4.79 Å². The lowest BCUT2D eigenvalue weighted by Crippen LogP contribution is -2.32. The van der Waals surface area contributed by atoms with Crippen molar-refractivity contribution < 1.29 is 4.79 Å². The number of thioether (sulfide) groups is 1. The van der Waals surface area contributed by atoms with Gasteiger partial charge in [-0.3, -0.25) is 4.79 Å². The summed E-state index contributed by atoms with van der Waals surface area (Å²) < 4.78 is 0. The van der Waals surface area contributed by atoms with Crippen molar-refractivity contribution in [2.75, 3.05) is 18.8 Å². The summed E-state index contributed by atoms with van der Waals surface area (Å²) in [5.41, 5.74) is 0.721. The first-order valence-electron chi connectivity index (χ1n) is 6.94. The quantitative estimate of drug-likeness (QED) is 0.790. The maximum atomic E-state index is 12.5. The fourth-order valence-corrected chi connectivity index (χ4v) is 4.81. The van der Waals surface area contributed by atoms with Crippen LogP contribution in [0.3, 0.4) is 0 Å². The highest BCUT2D eigenvalue weighted by Gasteiger charge is 2.23. The molecule has 0 saturated carbocycles. The number of halogens is 1. The standard InChI is InChI=1S/C16H16ClNOS2/c17-13-5-3-12(4-6-13)16(19)18-8-7-15(21-11-9-18)14-2-1-10-20-14/h1-6,10,15H,7-9,11H2. The Hall–Kier alpha value is -0.970. The smallest absolute Gasteiger partial charge is 0.253 e. The highest BCUT2D eigenvalue weighted by molar-refractivity contribution is 7.99. The van der Waals surface area contributed by atoms with Crippen molar-refractivity contribution in [3.05, 3.63) is 57.2 Å². The van der Waals surface area contributed by atoms with E-state index in [1.807, 2.05) is 28.0 Å². The zero-order chi connectivity index (χ0) is 14.7. The minimum absolute atomic E-state index is 0.110. The van der Waals surface area contributed by atoms with E-state index in [-0.39, 0.29) is 5.91 Å². The first kappa shape index (κ1) is 14.9. The molecule has 0 radical (unpaired) electrons. The SMILES string of the molecule is O=C(c1ccc(Cl)cc1)N1CCSC(c2cccs2)CC1. The second-order valence-corrected chi connectivity index (χ2v) is 7.69. The molecule has 2 heterocycles. The van der Waals surface area contributed by atoms with Crippen LogP contribution in [0, 0.1) is 0 Å². The normalized spacial score (nSPS) is 19.3. The molecule has 1 unspecified atom stereocenters. The van der Waals surface area contributed by atoms with Crippen LogP contribution in [0.2, 0.25) is 5.02 Å². The first-order valence-corrected chi connectivity index (χ1v) is 9.24. The molecule has 0 N–H and O–H groups in total. The second-order valence-electron chi connectivity index (χ2n) is 4.96. The molecule has 110 valence electrons. The monoisotopic (exact) mass is 337 g/mol. The van der Waals surface area contributed by atoms with Gasteiger partial charge in [-0.05, 0) is 42.1 Å². The largest absolute Gasteiger partial charge is 0.338 e. The Morgan fingerprint density at radius 3 is 2.71 bits per heavy atom. The van der Waals surface area contributed by atoms with Crippen LogP contribution in [0.15, 0.2) is 41.8 Å². The number of amides is 1. The van der Waals surface area contributed by atoms with Crippen LogP contribution in [0.5, 0.6) is 0 Å². The van der Waals surface area contributed by atoms with Gasteiger partial charge in [0.2, 0.25) is 0 Å². The van der Waals surface area contributed by atoms with Gasteiger partial charge in [-0.25, -0.2) is 0 Å². The number of hydrogen-bond acceptors (Lipinski definition) is 3. The van der Waals surface area contributed by atoms with E-state index < -0.39 is 0 Å². The van der Waals surface area contributed by atoms with Gasteiger partial charge in [0.05, 0.1) is 0 Å². The van der Waals surface area contributed by atoms with Gasteiger partial charge in [-0.15, -0.1) is 11.3 Å². The zero-order valence-electron chi connectivity index (χ0n) is 11.5. The van der Waals surface area contributed by atoms with Crippen LogP contribution >= 0.6 is 34.7 Å². The van der Waals surface area contributed by atoms with Crippen molar-refractivity contribution >= 4 is 40.6 Å². The molecule has 1 fully saturated rings. The van der Waals surface area contributed by atoms with E-state index in [1.54, 1.807) is 24.3 Å². The Labute approximate surface area is 138 Å². The second kappa shape index (κ2) is 6.86. The number of nitrogens with zero attached hydrogens (tertiary/aromatic N) is 1. The summed E-state index contributed by atoms with van der Waals surface area (Å²) in [7, 11) is 0. The predicted octanol–water partition coefficient (Wildman–Crippen LogP) is 4.72. The van der Waals surface area contributed by atoms with Crippen molar-refractivity contribution in [2.45, 2.75) is 11.7 Å². The molecule has 1 saturated heterocycles. The summed E-state index contributed by atoms with van der Waals surface area (Å²) in [6, 6.07) is 11.5. The molecular formula is C16H16ClNOS2. The molecular weight excluding hydrogens is 322 g/mol. The maximum absolute atomic E-state index is 12.5. The third-order valence-electron chi connectivity index (χ3n) is 3.58. The Kier molecular flexibility index (Phi) is 4.88. The van der Waals surface area contributed by atoms with Gasteiger partial charge >= 0.3 is 0 Å². The number of thiophene rings is 1. The van der Waals surface area contributed by atoms with E-state index in [1.165, 1.54) is 4.88 Å². The molecule has 1 aromatic carbocycles. The van der Waals surface area contributed by atoms with E-state index >= 15 is 0 Å². The topological polar surface area (TPSA) is 20.3 Å². The van der Waals surface area contributed by atoms with Crippen LogP contribution in [0.4, 0.5) is 0 Å². The van der Waals surface area contributed by atoms with Crippen molar-refractivity contribution in [2.24, 2.45) is 0 Å². The predicted molar refractivity (Wildman–Crippen MR) is 91.5 cm³/mol. The number of carbonyl (C=O) groups is 1. The molecule has 0 aliphatic carbocycles. The van der Waals surface area contributed by atoms with Gasteiger partial charge in [0, 0.05) is 39.6 Å². The summed E-state index contributed by atoms with van der Waals surface area (Å²) in [5, 5.41) is 3.31. The molecule has 2 aromatic rings. The third kappa shape index (κ3) is 3.62. The summed E-state index contributed by atoms with van der Waals surface area (Å²) >= 11 is 9.64. The fourth-order valence-electron chi connectivity index (χ4n) is 2.45. The molecule has 1 amide bonds. The van der Waals surface area contributed by atoms with Crippen molar-refractivity contribution in [3.8, 4) is 0 Å². The summed E-state index contributed by atoms with van der Waals surface area (Å²) in [6.07, 6.45) is 1.02. The Morgan fingerprint density at radius 1 is 1.19 bits per heavy atom. The minimum atomic E-state index is 0.110. The lowest BCUT2D eigenvalue weighted by Gasteiger charge is -2.20. The average Bonchev–Trinajstić information content (AvgIpc) is 2.92. The minimum Gasteiger partial charge on any atom is -0.338 e. The molecule has 3 rings (SSSR count). The van der Waals surface area contributed by atoms with Gasteiger partial charge in [-0.2, -0.15) is 11.8 Å². The van der Waals surface area contributed by atoms with Gasteiger partial charge < -0.3 is 4.90 Å². The molecule has 0 spiro atoms. The van der Waals surface area contributed by atoms with E-state index in [2.05, 4.69) is 17.5 Å². The number of benzene rings is 1. The maximum Gasteiger partial charge on any atom is 0.253 e. The van der Waals surface area contributed by atoms with Gasteiger partial charge in [0.15, 0.2) is 0 Å². The summed E-state index contributed by atoms with van der Waals surface area (Å²) in [6.45, 7) is 1.63. The molecule has 0 bridgehead atoms. The highest BCUT2D eigenvalue weighted by Crippen LogP contribution is 2.36. The van der Waals surface area contributed by atoms with Crippen molar-refractivity contribution in [3.63, 3.8) is 0 Å². The molecule has 1 atom stereocenters. The van der Waals surface area contributed by atoms with Crippen molar-refractivity contribution in [1.82, 2.24) is 4.90 Å². The van der Waals surface area contributed by atoms with Crippen LogP contribution in [0.25, 0.3) is 0 Å². The molecule has 5 heteroatoms. The van der Waals surface area contributed by atoms with Gasteiger partial charge in [-0.1, -0.05) is 17.7 Å². The molecule has 1 aromatic heterocycles. The molecule has 1 aliphatic rings. The summed E-state index contributed by atoms with van der Waals surface area (Å²) in [4.78, 5) is 15.9. The Morgan fingerprint density at radius 2 is 2.00 bits per heavy atom. The van der Waals surface area contributed by atoms with E-state index in [4.69, 9.17) is 11.6 Å². The molecule has 1 aliphatic heterocycles. The molecule has 2 nitrogen and oxygen atoms in total. The number of carbonyl (C=O) groups excluding carboxylic acids is 1. The lowest BCUT2D eigenvalue weighted by atomic mass is 10.2. The van der Waals surface area contributed by atoms with E-state index in [0.29, 0.717) is 10.3 Å².